The molecule has 0 radical (unpaired) electrons. The maximum Gasteiger partial charge on any atom is 0.241 e. The molecule has 2 aromatic carbocycles. The lowest BCUT2D eigenvalue weighted by Gasteiger charge is -2.24. The molecule has 0 saturated heterocycles. The SMILES string of the molecule is C[C@@H](C(=O)Nc1ccc(F)c(F)c1F)N(C)Cc1ccc(F)cc1. The standard InChI is InChI=1S/C17H16F4N2O/c1-10(23(2)9-11-3-5-12(18)6-4-11)17(24)22-14-8-7-13(19)15(20)16(14)21/h3-8,10H,9H2,1-2H3,(H,22,24)/t10-/m0/s1. The van der Waals surface area contributed by atoms with Crippen molar-refractivity contribution in [1.82, 2.24) is 4.90 Å². The van der Waals surface area contributed by atoms with Gasteiger partial charge in [0.15, 0.2) is 17.5 Å². The van der Waals surface area contributed by atoms with Gasteiger partial charge in [0, 0.05) is 6.54 Å². The molecule has 0 fully saturated rings. The van der Waals surface area contributed by atoms with Gasteiger partial charge in [0.1, 0.15) is 5.82 Å². The first-order chi connectivity index (χ1) is 11.3. The summed E-state index contributed by atoms with van der Waals surface area (Å²) in [4.78, 5) is 13.8. The highest BCUT2D eigenvalue weighted by molar-refractivity contribution is 5.94. The Bertz CT molecular complexity index is 734. The summed E-state index contributed by atoms with van der Waals surface area (Å²) in [6, 6.07) is 6.81. The summed E-state index contributed by atoms with van der Waals surface area (Å²) in [5, 5.41) is 2.23. The molecule has 1 N–H and O–H groups in total. The molecule has 2 aromatic rings. The topological polar surface area (TPSA) is 32.3 Å². The van der Waals surface area contributed by atoms with Crippen LogP contribution in [0.3, 0.4) is 0 Å². The molecule has 0 aliphatic rings. The Labute approximate surface area is 136 Å². The van der Waals surface area contributed by atoms with Crippen LogP contribution in [0.25, 0.3) is 0 Å². The lowest BCUT2D eigenvalue weighted by molar-refractivity contribution is -0.120. The van der Waals surface area contributed by atoms with Crippen LogP contribution in [-0.2, 0) is 11.3 Å². The van der Waals surface area contributed by atoms with E-state index in [4.69, 9.17) is 0 Å². The van der Waals surface area contributed by atoms with Crippen LogP contribution in [0, 0.1) is 23.3 Å². The average molecular weight is 340 g/mol. The molecule has 3 nitrogen and oxygen atoms in total. The zero-order valence-corrected chi connectivity index (χ0v) is 13.1. The predicted molar refractivity (Wildman–Crippen MR) is 82.3 cm³/mol. The second-order valence-electron chi connectivity index (χ2n) is 5.43. The van der Waals surface area contributed by atoms with Gasteiger partial charge in [-0.15, -0.1) is 0 Å². The van der Waals surface area contributed by atoms with Crippen molar-refractivity contribution in [1.29, 1.82) is 0 Å². The van der Waals surface area contributed by atoms with Crippen LogP contribution in [0.15, 0.2) is 36.4 Å². The molecule has 0 aromatic heterocycles. The van der Waals surface area contributed by atoms with Crippen molar-refractivity contribution in [3.63, 3.8) is 0 Å². The molecule has 0 unspecified atom stereocenters. The number of nitrogens with one attached hydrogen (secondary N) is 1. The van der Waals surface area contributed by atoms with E-state index in [0.717, 1.165) is 17.7 Å². The lowest BCUT2D eigenvalue weighted by Crippen LogP contribution is -2.39. The minimum Gasteiger partial charge on any atom is -0.322 e. The molecule has 24 heavy (non-hydrogen) atoms. The van der Waals surface area contributed by atoms with Crippen LogP contribution >= 0.6 is 0 Å². The number of benzene rings is 2. The van der Waals surface area contributed by atoms with Gasteiger partial charge in [0.05, 0.1) is 11.7 Å². The number of hydrogen-bond donors (Lipinski definition) is 1. The molecule has 0 aliphatic carbocycles. The summed E-state index contributed by atoms with van der Waals surface area (Å²) < 4.78 is 52.5. The predicted octanol–water partition coefficient (Wildman–Crippen LogP) is 3.70. The zero-order valence-electron chi connectivity index (χ0n) is 13.1. The first-order valence-corrected chi connectivity index (χ1v) is 7.18. The Morgan fingerprint density at radius 2 is 1.67 bits per heavy atom. The van der Waals surface area contributed by atoms with Gasteiger partial charge >= 0.3 is 0 Å². The van der Waals surface area contributed by atoms with Crippen LogP contribution in [0.4, 0.5) is 23.2 Å². The summed E-state index contributed by atoms with van der Waals surface area (Å²) in [6.07, 6.45) is 0. The number of halogens is 4. The van der Waals surface area contributed by atoms with E-state index in [1.54, 1.807) is 31.0 Å². The average Bonchev–Trinajstić information content (AvgIpc) is 2.56. The fraction of sp³-hybridized carbons (Fsp3) is 0.235. The number of anilines is 1. The van der Waals surface area contributed by atoms with Gasteiger partial charge in [0.25, 0.3) is 0 Å². The van der Waals surface area contributed by atoms with Crippen LogP contribution < -0.4 is 5.32 Å². The highest BCUT2D eigenvalue weighted by Gasteiger charge is 2.21. The largest absolute Gasteiger partial charge is 0.322 e. The van der Waals surface area contributed by atoms with E-state index in [1.807, 2.05) is 0 Å². The van der Waals surface area contributed by atoms with E-state index >= 15 is 0 Å². The molecule has 0 heterocycles. The second kappa shape index (κ2) is 7.44. The van der Waals surface area contributed by atoms with Crippen molar-refractivity contribution in [2.45, 2.75) is 19.5 Å². The van der Waals surface area contributed by atoms with E-state index < -0.39 is 35.1 Å². The van der Waals surface area contributed by atoms with Crippen LogP contribution in [-0.4, -0.2) is 23.9 Å². The molecule has 0 saturated carbocycles. The van der Waals surface area contributed by atoms with Gasteiger partial charge in [-0.25, -0.2) is 17.6 Å². The van der Waals surface area contributed by atoms with E-state index in [2.05, 4.69) is 5.32 Å². The number of rotatable bonds is 5. The Kier molecular flexibility index (Phi) is 5.56. The zero-order chi connectivity index (χ0) is 17.9. The summed E-state index contributed by atoms with van der Waals surface area (Å²) in [6.45, 7) is 1.94. The third-order valence-corrected chi connectivity index (χ3v) is 3.68. The van der Waals surface area contributed by atoms with Gasteiger partial charge in [-0.3, -0.25) is 9.69 Å². The Morgan fingerprint density at radius 3 is 2.29 bits per heavy atom. The summed E-state index contributed by atoms with van der Waals surface area (Å²) in [5.41, 5.74) is 0.360. The van der Waals surface area contributed by atoms with Gasteiger partial charge in [-0.1, -0.05) is 12.1 Å². The molecule has 7 heteroatoms. The first kappa shape index (κ1) is 17.9. The van der Waals surface area contributed by atoms with Gasteiger partial charge in [-0.2, -0.15) is 0 Å². The summed E-state index contributed by atoms with van der Waals surface area (Å²) in [5.74, 6) is -5.35. The van der Waals surface area contributed by atoms with E-state index in [0.29, 0.717) is 6.54 Å². The van der Waals surface area contributed by atoms with Crippen molar-refractivity contribution in [3.8, 4) is 0 Å². The van der Waals surface area contributed by atoms with Crippen molar-refractivity contribution >= 4 is 11.6 Å². The summed E-state index contributed by atoms with van der Waals surface area (Å²) in [7, 11) is 1.66. The van der Waals surface area contributed by atoms with Gasteiger partial charge in [0.2, 0.25) is 5.91 Å². The van der Waals surface area contributed by atoms with Crippen LogP contribution in [0.1, 0.15) is 12.5 Å². The number of likely N-dealkylation sites (N-methyl/N-ethyl adjacent to an activating group) is 1. The number of amides is 1. The fourth-order valence-corrected chi connectivity index (χ4v) is 2.07. The second-order valence-corrected chi connectivity index (χ2v) is 5.43. The first-order valence-electron chi connectivity index (χ1n) is 7.18. The number of carbonyl (C=O) groups excluding carboxylic acids is 1. The van der Waals surface area contributed by atoms with Crippen molar-refractivity contribution < 1.29 is 22.4 Å². The molecule has 1 amide bonds. The monoisotopic (exact) mass is 340 g/mol. The highest BCUT2D eigenvalue weighted by Crippen LogP contribution is 2.20. The van der Waals surface area contributed by atoms with Crippen molar-refractivity contribution in [2.75, 3.05) is 12.4 Å². The maximum absolute atomic E-state index is 13.6. The normalized spacial score (nSPS) is 12.3. The highest BCUT2D eigenvalue weighted by atomic mass is 19.2. The lowest BCUT2D eigenvalue weighted by atomic mass is 10.2. The van der Waals surface area contributed by atoms with E-state index in [9.17, 15) is 22.4 Å². The fourth-order valence-electron chi connectivity index (χ4n) is 2.07. The molecule has 128 valence electrons. The molecule has 0 spiro atoms. The molecule has 0 bridgehead atoms. The third-order valence-electron chi connectivity index (χ3n) is 3.68. The Hall–Kier alpha value is -2.41. The van der Waals surface area contributed by atoms with Gasteiger partial charge in [-0.05, 0) is 43.8 Å². The minimum atomic E-state index is -1.64. The third kappa shape index (κ3) is 4.11. The van der Waals surface area contributed by atoms with Crippen molar-refractivity contribution in [3.05, 3.63) is 65.2 Å². The molecular formula is C17H16F4N2O. The number of hydrogen-bond acceptors (Lipinski definition) is 2. The Morgan fingerprint density at radius 1 is 1.04 bits per heavy atom. The molecule has 1 atom stereocenters. The minimum absolute atomic E-state index is 0.356. The van der Waals surface area contributed by atoms with Crippen LogP contribution in [0.2, 0.25) is 0 Å². The smallest absolute Gasteiger partial charge is 0.241 e. The maximum atomic E-state index is 13.6. The molecule has 2 rings (SSSR count). The molecular weight excluding hydrogens is 324 g/mol. The quantitative estimate of drug-likeness (QED) is 0.665. The Balaban J connectivity index is 2.03. The summed E-state index contributed by atoms with van der Waals surface area (Å²) >= 11 is 0. The number of nitrogens with zero attached hydrogens (tertiary/aromatic N) is 1. The number of carbonyl (C=O) groups is 1. The van der Waals surface area contributed by atoms with Gasteiger partial charge < -0.3 is 5.32 Å². The van der Waals surface area contributed by atoms with E-state index in [-0.39, 0.29) is 5.82 Å². The van der Waals surface area contributed by atoms with Crippen LogP contribution in [0.5, 0.6) is 0 Å². The van der Waals surface area contributed by atoms with Crippen molar-refractivity contribution in [2.24, 2.45) is 0 Å². The molecule has 0 aliphatic heterocycles. The van der Waals surface area contributed by atoms with E-state index in [1.165, 1.54) is 12.1 Å².